The Balaban J connectivity index is 1.94. The Bertz CT molecular complexity index is 2110. The van der Waals surface area contributed by atoms with Crippen molar-refractivity contribution >= 4 is 94.6 Å². The second-order valence-corrected chi connectivity index (χ2v) is 13.1. The van der Waals surface area contributed by atoms with E-state index in [2.05, 4.69) is 34.3 Å². The van der Waals surface area contributed by atoms with Gasteiger partial charge in [0, 0.05) is 21.1 Å². The molecule has 6 N–H and O–H groups in total. The molecule has 0 aliphatic rings. The summed E-state index contributed by atoms with van der Waals surface area (Å²) in [5.74, 6) is -2.23. The van der Waals surface area contributed by atoms with Gasteiger partial charge in [0.05, 0.1) is 41.1 Å². The van der Waals surface area contributed by atoms with Gasteiger partial charge in [0.25, 0.3) is 20.2 Å². The van der Waals surface area contributed by atoms with Crippen LogP contribution in [-0.4, -0.2) is 53.3 Å². The molecule has 0 heterocycles. The molecule has 0 unspecified atom stereocenters. The first kappa shape index (κ1) is 35.1. The SMILES string of the molecule is CC(=O)CC(=O)Nc1ccc2c(O)c(N=Nc3ccc4c(SOOO)cccc4c3S(=O)(=O)O)c(SOOO)cc2c1S(=O)(=O)O. The zero-order chi connectivity index (χ0) is 33.8. The zero-order valence-corrected chi connectivity index (χ0v) is 25.9. The summed E-state index contributed by atoms with van der Waals surface area (Å²) in [5.41, 5.74) is -1.38. The van der Waals surface area contributed by atoms with E-state index in [1.165, 1.54) is 24.3 Å². The van der Waals surface area contributed by atoms with E-state index in [1.807, 2.05) is 0 Å². The first-order valence-corrected chi connectivity index (χ1v) is 16.4. The minimum absolute atomic E-state index is 0.0584. The maximum Gasteiger partial charge on any atom is 0.297 e. The predicted octanol–water partition coefficient (Wildman–Crippen LogP) is 5.38. The molecule has 22 heteroatoms. The molecule has 0 radical (unpaired) electrons. The molecule has 1 amide bonds. The maximum atomic E-state index is 12.5. The minimum atomic E-state index is -5.13. The number of ketones is 1. The van der Waals surface area contributed by atoms with Gasteiger partial charge in [0.1, 0.15) is 26.9 Å². The average molecular weight is 718 g/mol. The van der Waals surface area contributed by atoms with Gasteiger partial charge in [-0.05, 0) is 42.6 Å². The third-order valence-electron chi connectivity index (χ3n) is 5.90. The molecule has 0 aliphatic carbocycles. The molecule has 0 fully saturated rings. The summed E-state index contributed by atoms with van der Waals surface area (Å²) in [6, 6.07) is 9.88. The van der Waals surface area contributed by atoms with Crippen LogP contribution in [-0.2, 0) is 48.6 Å². The van der Waals surface area contributed by atoms with Crippen molar-refractivity contribution in [1.82, 2.24) is 0 Å². The molecule has 0 aromatic heterocycles. The lowest BCUT2D eigenvalue weighted by molar-refractivity contribution is -0.432. The Morgan fingerprint density at radius 2 is 1.43 bits per heavy atom. The van der Waals surface area contributed by atoms with Gasteiger partial charge in [0.2, 0.25) is 5.91 Å². The van der Waals surface area contributed by atoms with Crippen LogP contribution in [0.5, 0.6) is 5.75 Å². The lowest BCUT2D eigenvalue weighted by Gasteiger charge is -2.15. The van der Waals surface area contributed by atoms with Gasteiger partial charge in [-0.3, -0.25) is 18.7 Å². The van der Waals surface area contributed by atoms with Crippen molar-refractivity contribution in [2.45, 2.75) is 32.9 Å². The van der Waals surface area contributed by atoms with Crippen LogP contribution in [0.3, 0.4) is 0 Å². The lowest BCUT2D eigenvalue weighted by atomic mass is 10.1. The van der Waals surface area contributed by atoms with Crippen molar-refractivity contribution in [1.29, 1.82) is 0 Å². The fraction of sp³-hybridized carbons (Fsp3) is 0.0833. The van der Waals surface area contributed by atoms with Crippen molar-refractivity contribution in [2.24, 2.45) is 10.2 Å². The highest BCUT2D eigenvalue weighted by atomic mass is 32.2. The van der Waals surface area contributed by atoms with Crippen LogP contribution in [0.1, 0.15) is 13.3 Å². The molecule has 0 atom stereocenters. The second-order valence-electron chi connectivity index (χ2n) is 8.90. The summed E-state index contributed by atoms with van der Waals surface area (Å²) in [5, 5.41) is 44.9. The largest absolute Gasteiger partial charge is 0.505 e. The average Bonchev–Trinajstić information content (AvgIpc) is 2.96. The maximum absolute atomic E-state index is 12.5. The summed E-state index contributed by atoms with van der Waals surface area (Å²) < 4.78 is 78.7. The summed E-state index contributed by atoms with van der Waals surface area (Å²) in [6.45, 7) is 1.13. The number of carbonyl (C=O) groups excluding carboxylic acids is 2. The Hall–Kier alpha value is -3.78. The number of hydrogen-bond acceptors (Lipinski definition) is 17. The zero-order valence-electron chi connectivity index (χ0n) is 22.7. The van der Waals surface area contributed by atoms with E-state index < -0.39 is 76.3 Å². The summed E-state index contributed by atoms with van der Waals surface area (Å²) >= 11 is 0.693. The molecule has 46 heavy (non-hydrogen) atoms. The normalized spacial score (nSPS) is 12.3. The van der Waals surface area contributed by atoms with E-state index in [1.54, 1.807) is 0 Å². The van der Waals surface area contributed by atoms with Gasteiger partial charge in [-0.15, -0.1) is 18.9 Å². The molecule has 0 aliphatic heterocycles. The Kier molecular flexibility index (Phi) is 10.9. The number of phenolic OH excluding ortho intramolecular Hbond substituents is 1. The van der Waals surface area contributed by atoms with Gasteiger partial charge in [-0.1, -0.05) is 28.3 Å². The number of aromatic hydroxyl groups is 1. The third-order valence-corrected chi connectivity index (χ3v) is 9.09. The van der Waals surface area contributed by atoms with Gasteiger partial charge in [-0.2, -0.15) is 16.8 Å². The van der Waals surface area contributed by atoms with Crippen molar-refractivity contribution in [3.8, 4) is 5.75 Å². The highest BCUT2D eigenvalue weighted by Gasteiger charge is 2.26. The highest BCUT2D eigenvalue weighted by Crippen LogP contribution is 2.47. The molecule has 0 spiro atoms. The minimum Gasteiger partial charge on any atom is -0.505 e. The Labute approximate surface area is 266 Å². The molecule has 0 saturated carbocycles. The number of anilines is 1. The molecule has 18 nitrogen and oxygen atoms in total. The number of azo groups is 1. The van der Waals surface area contributed by atoms with Gasteiger partial charge in [-0.25, -0.2) is 10.5 Å². The van der Waals surface area contributed by atoms with Crippen molar-refractivity contribution in [3.05, 3.63) is 48.5 Å². The summed E-state index contributed by atoms with van der Waals surface area (Å²) in [4.78, 5) is 21.9. The smallest absolute Gasteiger partial charge is 0.297 e. The molecule has 4 aromatic carbocycles. The van der Waals surface area contributed by atoms with Crippen molar-refractivity contribution in [3.63, 3.8) is 0 Å². The molecule has 4 aromatic rings. The van der Waals surface area contributed by atoms with Crippen LogP contribution in [0, 0.1) is 0 Å². The van der Waals surface area contributed by atoms with Crippen LogP contribution < -0.4 is 5.32 Å². The molecule has 0 saturated heterocycles. The molecule has 0 bridgehead atoms. The molecule has 4 rings (SSSR count). The van der Waals surface area contributed by atoms with Crippen LogP contribution >= 0.6 is 24.1 Å². The number of phenols is 1. The number of Topliss-reactive ketones (excluding diaryl/α,β-unsaturated/α-hetero) is 1. The number of carbonyl (C=O) groups is 2. The van der Waals surface area contributed by atoms with E-state index in [4.69, 9.17) is 10.5 Å². The molecule has 244 valence electrons. The molecular weight excluding hydrogens is 699 g/mol. The number of nitrogens with zero attached hydrogens (tertiary/aromatic N) is 2. The van der Waals surface area contributed by atoms with Crippen molar-refractivity contribution in [2.75, 3.05) is 5.32 Å². The number of hydrogen-bond donors (Lipinski definition) is 6. The number of nitrogens with one attached hydrogen (secondary N) is 1. The number of rotatable bonds is 13. The standard InChI is InChI=1S/C24H19N3O15S4/c1-11(28)9-20(29)25-16-7-6-13-15(24(16)46(36,37)38)10-19(44-42-40-32)21(22(13)30)27-26-17-8-5-12-14(23(17)45(33,34)35)3-2-4-18(12)43-41-39-31/h2-8,10,30-32H,9H2,1H3,(H,25,29)(H,33,34,35)(H,36,37,38). The Morgan fingerprint density at radius 3 is 2.04 bits per heavy atom. The summed E-state index contributed by atoms with van der Waals surface area (Å²) in [6.07, 6.45) is -0.609. The topological polar surface area (TPSA) is 277 Å². The van der Waals surface area contributed by atoms with E-state index >= 15 is 0 Å². The van der Waals surface area contributed by atoms with Gasteiger partial charge < -0.3 is 10.4 Å². The lowest BCUT2D eigenvalue weighted by Crippen LogP contribution is -2.17. The second kappa shape index (κ2) is 14.3. The van der Waals surface area contributed by atoms with Crippen LogP contribution in [0.25, 0.3) is 21.5 Å². The Morgan fingerprint density at radius 1 is 0.804 bits per heavy atom. The molecular formula is C24H19N3O15S4. The van der Waals surface area contributed by atoms with Crippen LogP contribution in [0.4, 0.5) is 17.1 Å². The fourth-order valence-electron chi connectivity index (χ4n) is 4.27. The van der Waals surface area contributed by atoms with Crippen LogP contribution in [0.15, 0.2) is 78.3 Å². The predicted molar refractivity (Wildman–Crippen MR) is 159 cm³/mol. The van der Waals surface area contributed by atoms with E-state index in [9.17, 15) is 40.6 Å². The van der Waals surface area contributed by atoms with Crippen molar-refractivity contribution < 1.29 is 69.9 Å². The third kappa shape index (κ3) is 7.77. The van der Waals surface area contributed by atoms with Gasteiger partial charge in [0.15, 0.2) is 5.75 Å². The number of amides is 1. The summed E-state index contributed by atoms with van der Waals surface area (Å²) in [7, 11) is -10.1. The van der Waals surface area contributed by atoms with E-state index in [-0.39, 0.29) is 38.0 Å². The highest BCUT2D eigenvalue weighted by molar-refractivity contribution is 7.95. The quantitative estimate of drug-likeness (QED) is 0.0253. The van der Waals surface area contributed by atoms with Gasteiger partial charge >= 0.3 is 0 Å². The van der Waals surface area contributed by atoms with Crippen LogP contribution in [0.2, 0.25) is 0 Å². The number of fused-ring (bicyclic) bond motifs is 2. The monoisotopic (exact) mass is 717 g/mol. The fourth-order valence-corrected chi connectivity index (χ4v) is 6.93. The first-order valence-electron chi connectivity index (χ1n) is 12.0. The van der Waals surface area contributed by atoms with E-state index in [0.29, 0.717) is 12.0 Å². The first-order chi connectivity index (χ1) is 21.7. The number of benzene rings is 4. The van der Waals surface area contributed by atoms with E-state index in [0.717, 1.165) is 31.2 Å².